The van der Waals surface area contributed by atoms with Crippen molar-refractivity contribution in [3.63, 3.8) is 0 Å². The van der Waals surface area contributed by atoms with Crippen molar-refractivity contribution in [2.24, 2.45) is 0 Å². The first-order valence-corrected chi connectivity index (χ1v) is 10.7. The molecule has 0 bridgehead atoms. The first-order chi connectivity index (χ1) is 16.0. The van der Waals surface area contributed by atoms with Crippen LogP contribution in [-0.4, -0.2) is 24.6 Å². The van der Waals surface area contributed by atoms with Gasteiger partial charge >= 0.3 is 0 Å². The Morgan fingerprint density at radius 2 is 2.00 bits per heavy atom. The third-order valence-electron chi connectivity index (χ3n) is 5.44. The van der Waals surface area contributed by atoms with Crippen molar-refractivity contribution in [3.8, 4) is 22.6 Å². The van der Waals surface area contributed by atoms with E-state index in [9.17, 15) is 4.79 Å². The Labute approximate surface area is 192 Å². The van der Waals surface area contributed by atoms with Crippen molar-refractivity contribution in [3.05, 3.63) is 78.3 Å². The highest BCUT2D eigenvalue weighted by Crippen LogP contribution is 2.41. The molecule has 0 radical (unpaired) electrons. The van der Waals surface area contributed by atoms with Crippen LogP contribution in [-0.2, 0) is 4.79 Å². The number of ether oxygens (including phenoxy) is 2. The molecule has 4 rings (SSSR count). The number of aryl methyl sites for hydroxylation is 1. The summed E-state index contributed by atoms with van der Waals surface area (Å²) in [6.45, 7) is 6.31. The quantitative estimate of drug-likeness (QED) is 0.342. The van der Waals surface area contributed by atoms with E-state index in [1.54, 1.807) is 44.0 Å². The van der Waals surface area contributed by atoms with Crippen molar-refractivity contribution < 1.29 is 18.7 Å². The van der Waals surface area contributed by atoms with Gasteiger partial charge in [0.05, 0.1) is 31.9 Å². The normalized spacial score (nSPS) is 11.5. The minimum atomic E-state index is -0.233. The summed E-state index contributed by atoms with van der Waals surface area (Å²) in [4.78, 5) is 16.7. The Morgan fingerprint density at radius 3 is 2.67 bits per heavy atom. The van der Waals surface area contributed by atoms with Gasteiger partial charge in [-0.1, -0.05) is 12.1 Å². The molecule has 1 amide bonds. The molecule has 2 heterocycles. The van der Waals surface area contributed by atoms with E-state index < -0.39 is 0 Å². The van der Waals surface area contributed by atoms with Gasteiger partial charge in [0.2, 0.25) is 5.91 Å². The van der Waals surface area contributed by atoms with E-state index >= 15 is 0 Å². The molecule has 1 N–H and O–H groups in total. The Balaban J connectivity index is 1.78. The van der Waals surface area contributed by atoms with Crippen LogP contribution in [0.2, 0.25) is 0 Å². The fourth-order valence-corrected chi connectivity index (χ4v) is 3.82. The van der Waals surface area contributed by atoms with E-state index in [-0.39, 0.29) is 5.91 Å². The van der Waals surface area contributed by atoms with Crippen molar-refractivity contribution in [2.45, 2.75) is 20.8 Å². The minimum Gasteiger partial charge on any atom is -0.497 e. The molecule has 0 spiro atoms. The Hall–Kier alpha value is -4.06. The predicted molar refractivity (Wildman–Crippen MR) is 131 cm³/mol. The fraction of sp³-hybridized carbons (Fsp3) is 0.185. The van der Waals surface area contributed by atoms with Gasteiger partial charge in [0.25, 0.3) is 0 Å². The van der Waals surface area contributed by atoms with Crippen molar-refractivity contribution in [1.82, 2.24) is 4.98 Å². The van der Waals surface area contributed by atoms with E-state index in [4.69, 9.17) is 13.9 Å². The summed E-state index contributed by atoms with van der Waals surface area (Å²) in [6, 6.07) is 13.4. The van der Waals surface area contributed by atoms with Gasteiger partial charge in [-0.05, 0) is 62.2 Å². The number of carbonyl (C=O) groups is 1. The zero-order chi connectivity index (χ0) is 23.4. The van der Waals surface area contributed by atoms with Gasteiger partial charge in [-0.25, -0.2) is 0 Å². The van der Waals surface area contributed by atoms with E-state index in [2.05, 4.69) is 10.3 Å². The molecular formula is C27H26N2O4. The third-order valence-corrected chi connectivity index (χ3v) is 5.44. The number of rotatable bonds is 7. The van der Waals surface area contributed by atoms with Crippen LogP contribution in [0.25, 0.3) is 27.7 Å². The van der Waals surface area contributed by atoms with E-state index in [0.29, 0.717) is 18.0 Å². The monoisotopic (exact) mass is 442 g/mol. The molecule has 0 unspecified atom stereocenters. The van der Waals surface area contributed by atoms with Gasteiger partial charge in [0.15, 0.2) is 0 Å². The van der Waals surface area contributed by atoms with Gasteiger partial charge < -0.3 is 19.2 Å². The number of carbonyl (C=O) groups excluding carboxylic acids is 1. The molecule has 0 fully saturated rings. The number of amides is 1. The van der Waals surface area contributed by atoms with Gasteiger partial charge in [-0.3, -0.25) is 9.78 Å². The molecule has 2 aromatic carbocycles. The molecule has 0 aliphatic rings. The smallest absolute Gasteiger partial charge is 0.248 e. The van der Waals surface area contributed by atoms with Gasteiger partial charge in [-0.2, -0.15) is 0 Å². The van der Waals surface area contributed by atoms with E-state index in [1.165, 1.54) is 0 Å². The lowest BCUT2D eigenvalue weighted by Gasteiger charge is -2.15. The van der Waals surface area contributed by atoms with Crippen molar-refractivity contribution in [1.29, 1.82) is 0 Å². The minimum absolute atomic E-state index is 0.233. The summed E-state index contributed by atoms with van der Waals surface area (Å²) < 4.78 is 17.2. The maximum absolute atomic E-state index is 12.6. The summed E-state index contributed by atoms with van der Waals surface area (Å²) in [6.07, 6.45) is 6.60. The second-order valence-electron chi connectivity index (χ2n) is 7.62. The molecule has 33 heavy (non-hydrogen) atoms. The van der Waals surface area contributed by atoms with Crippen LogP contribution in [0, 0.1) is 6.92 Å². The molecule has 0 aliphatic heterocycles. The number of methoxy groups -OCH3 is 1. The molecule has 0 atom stereocenters. The summed E-state index contributed by atoms with van der Waals surface area (Å²) in [5.74, 6) is 1.27. The standard InChI is InChI=1S/C27H26N2O4/c1-5-32-26-18(3)27-23(24(16-33-27)19-8-10-21(31-4)11-9-19)14-22(26)17(2)13-25(30)29-20-7-6-12-28-15-20/h6-16H,5H2,1-4H3,(H,29,30)/b17-13+. The number of benzene rings is 2. The van der Waals surface area contributed by atoms with Crippen LogP contribution < -0.4 is 14.8 Å². The highest BCUT2D eigenvalue weighted by molar-refractivity contribution is 6.05. The summed E-state index contributed by atoms with van der Waals surface area (Å²) in [7, 11) is 1.65. The molecule has 168 valence electrons. The van der Waals surface area contributed by atoms with Gasteiger partial charge in [0.1, 0.15) is 17.1 Å². The number of fused-ring (bicyclic) bond motifs is 1. The maximum Gasteiger partial charge on any atom is 0.248 e. The van der Waals surface area contributed by atoms with Crippen LogP contribution in [0.3, 0.4) is 0 Å². The lowest BCUT2D eigenvalue weighted by Crippen LogP contribution is -2.09. The number of hydrogen-bond donors (Lipinski definition) is 1. The highest BCUT2D eigenvalue weighted by atomic mass is 16.5. The summed E-state index contributed by atoms with van der Waals surface area (Å²) in [5.41, 5.74) is 5.91. The Morgan fingerprint density at radius 1 is 1.21 bits per heavy atom. The fourth-order valence-electron chi connectivity index (χ4n) is 3.82. The predicted octanol–water partition coefficient (Wildman–Crippen LogP) is 6.25. The number of pyridine rings is 1. The Bertz CT molecular complexity index is 1310. The number of hydrogen-bond acceptors (Lipinski definition) is 5. The van der Waals surface area contributed by atoms with E-state index in [0.717, 1.165) is 44.5 Å². The number of nitrogens with one attached hydrogen (secondary N) is 1. The van der Waals surface area contributed by atoms with Crippen molar-refractivity contribution in [2.75, 3.05) is 19.0 Å². The average Bonchev–Trinajstić information content (AvgIpc) is 3.25. The third kappa shape index (κ3) is 4.60. The van der Waals surface area contributed by atoms with Crippen LogP contribution in [0.5, 0.6) is 11.5 Å². The topological polar surface area (TPSA) is 73.6 Å². The summed E-state index contributed by atoms with van der Waals surface area (Å²) in [5, 5.41) is 3.79. The molecule has 0 saturated heterocycles. The van der Waals surface area contributed by atoms with Crippen LogP contribution in [0.15, 0.2) is 71.6 Å². The van der Waals surface area contributed by atoms with Crippen molar-refractivity contribution >= 4 is 28.1 Å². The lowest BCUT2D eigenvalue weighted by molar-refractivity contribution is -0.111. The van der Waals surface area contributed by atoms with E-state index in [1.807, 2.05) is 51.1 Å². The SMILES string of the molecule is CCOc1c(/C(C)=C/C(=O)Nc2cccnc2)cc2c(-c3ccc(OC)cc3)coc2c1C. The molecule has 2 aromatic heterocycles. The molecule has 6 heteroatoms. The molecular weight excluding hydrogens is 416 g/mol. The number of furan rings is 1. The maximum atomic E-state index is 12.6. The number of aromatic nitrogens is 1. The molecule has 6 nitrogen and oxygen atoms in total. The lowest BCUT2D eigenvalue weighted by atomic mass is 9.96. The Kier molecular flexibility index (Phi) is 6.45. The van der Waals surface area contributed by atoms with Gasteiger partial charge in [0, 0.05) is 34.3 Å². The molecule has 0 saturated carbocycles. The second-order valence-corrected chi connectivity index (χ2v) is 7.62. The first kappa shape index (κ1) is 22.1. The highest BCUT2D eigenvalue weighted by Gasteiger charge is 2.19. The van der Waals surface area contributed by atoms with Gasteiger partial charge in [-0.15, -0.1) is 0 Å². The average molecular weight is 443 g/mol. The number of anilines is 1. The second kappa shape index (κ2) is 9.61. The largest absolute Gasteiger partial charge is 0.497 e. The summed E-state index contributed by atoms with van der Waals surface area (Å²) >= 11 is 0. The first-order valence-electron chi connectivity index (χ1n) is 10.7. The number of allylic oxidation sites excluding steroid dienone is 1. The number of nitrogens with zero attached hydrogens (tertiary/aromatic N) is 1. The zero-order valence-electron chi connectivity index (χ0n) is 19.1. The molecule has 0 aliphatic carbocycles. The molecule has 4 aromatic rings. The van der Waals surface area contributed by atoms with Crippen LogP contribution in [0.1, 0.15) is 25.0 Å². The zero-order valence-corrected chi connectivity index (χ0v) is 19.1. The van der Waals surface area contributed by atoms with Crippen LogP contribution in [0.4, 0.5) is 5.69 Å². The van der Waals surface area contributed by atoms with Crippen LogP contribution >= 0.6 is 0 Å².